The second kappa shape index (κ2) is 8.93. The van der Waals surface area contributed by atoms with Crippen LogP contribution in [-0.4, -0.2) is 24.2 Å². The number of rotatable bonds is 8. The van der Waals surface area contributed by atoms with Crippen molar-refractivity contribution in [2.45, 2.75) is 26.4 Å². The number of aliphatic hydroxyl groups is 1. The maximum absolute atomic E-state index is 11.5. The van der Waals surface area contributed by atoms with Gasteiger partial charge in [-0.25, -0.2) is 0 Å². The molecule has 0 radical (unpaired) electrons. The van der Waals surface area contributed by atoms with Crippen molar-refractivity contribution in [1.29, 1.82) is 0 Å². The third-order valence-corrected chi connectivity index (χ3v) is 3.79. The summed E-state index contributed by atoms with van der Waals surface area (Å²) in [6.07, 6.45) is 0.961. The van der Waals surface area contributed by atoms with Crippen LogP contribution in [0, 0.1) is 6.92 Å². The van der Waals surface area contributed by atoms with E-state index in [4.69, 9.17) is 15.6 Å². The lowest BCUT2D eigenvalue weighted by Crippen LogP contribution is -2.26. The summed E-state index contributed by atoms with van der Waals surface area (Å²) in [5, 5.41) is 11.3. The smallest absolute Gasteiger partial charge is 0.220 e. The highest BCUT2D eigenvalue weighted by molar-refractivity contribution is 5.76. The fraction of sp³-hybridized carbons (Fsp3) is 0.316. The van der Waals surface area contributed by atoms with E-state index in [1.165, 1.54) is 5.56 Å². The van der Waals surface area contributed by atoms with Crippen LogP contribution >= 0.6 is 0 Å². The molecule has 0 atom stereocenters. The highest BCUT2D eigenvalue weighted by Crippen LogP contribution is 2.24. The first-order valence-electron chi connectivity index (χ1n) is 8.03. The molecule has 0 unspecified atom stereocenters. The zero-order valence-electron chi connectivity index (χ0n) is 13.9. The molecular weight excluding hydrogens is 304 g/mol. The predicted octanol–water partition coefficient (Wildman–Crippen LogP) is 2.20. The van der Waals surface area contributed by atoms with Gasteiger partial charge >= 0.3 is 0 Å². The minimum Gasteiger partial charge on any atom is -0.487 e. The van der Waals surface area contributed by atoms with Crippen LogP contribution in [0.25, 0.3) is 0 Å². The fourth-order valence-electron chi connectivity index (χ4n) is 2.35. The van der Waals surface area contributed by atoms with Crippen LogP contribution in [0.5, 0.6) is 5.75 Å². The molecule has 0 saturated carbocycles. The van der Waals surface area contributed by atoms with E-state index in [1.807, 2.05) is 49.4 Å². The van der Waals surface area contributed by atoms with Crippen LogP contribution in [0.3, 0.4) is 0 Å². The van der Waals surface area contributed by atoms with Gasteiger partial charge in [0.25, 0.3) is 0 Å². The van der Waals surface area contributed by atoms with Crippen molar-refractivity contribution >= 4 is 11.6 Å². The summed E-state index contributed by atoms with van der Waals surface area (Å²) < 4.78 is 5.81. The Morgan fingerprint density at radius 2 is 2.04 bits per heavy atom. The second-order valence-electron chi connectivity index (χ2n) is 5.66. The largest absolute Gasteiger partial charge is 0.487 e. The summed E-state index contributed by atoms with van der Waals surface area (Å²) in [4.78, 5) is 11.5. The molecule has 5 heteroatoms. The number of hydrogen-bond acceptors (Lipinski definition) is 4. The Balaban J connectivity index is 1.90. The standard InChI is InChI=1S/C19H24N2O3/c1-14-4-2-3-5-16(14)13-24-18-8-6-15(12-17(18)20)7-9-19(23)21-10-11-22/h2-6,8,12,22H,7,9-11,13,20H2,1H3,(H,21,23). The number of aryl methyl sites for hydroxylation is 2. The van der Waals surface area contributed by atoms with Crippen LogP contribution in [0.1, 0.15) is 23.1 Å². The van der Waals surface area contributed by atoms with Gasteiger partial charge in [-0.2, -0.15) is 0 Å². The zero-order valence-corrected chi connectivity index (χ0v) is 13.9. The first-order valence-corrected chi connectivity index (χ1v) is 8.03. The summed E-state index contributed by atoms with van der Waals surface area (Å²) in [5.41, 5.74) is 9.91. The zero-order chi connectivity index (χ0) is 17.4. The predicted molar refractivity (Wildman–Crippen MR) is 94.8 cm³/mol. The van der Waals surface area contributed by atoms with E-state index in [-0.39, 0.29) is 19.1 Å². The lowest BCUT2D eigenvalue weighted by atomic mass is 10.1. The molecular formula is C19H24N2O3. The van der Waals surface area contributed by atoms with Gasteiger partial charge in [-0.3, -0.25) is 4.79 Å². The van der Waals surface area contributed by atoms with Gasteiger partial charge in [0.2, 0.25) is 5.91 Å². The molecule has 24 heavy (non-hydrogen) atoms. The number of amides is 1. The molecule has 0 aliphatic heterocycles. The van der Waals surface area contributed by atoms with Gasteiger partial charge in [-0.1, -0.05) is 30.3 Å². The number of nitrogens with one attached hydrogen (secondary N) is 1. The Morgan fingerprint density at radius 3 is 2.75 bits per heavy atom. The average Bonchev–Trinajstić information content (AvgIpc) is 2.58. The molecule has 4 N–H and O–H groups in total. The van der Waals surface area contributed by atoms with Gasteiger partial charge in [0, 0.05) is 13.0 Å². The lowest BCUT2D eigenvalue weighted by Gasteiger charge is -2.12. The second-order valence-corrected chi connectivity index (χ2v) is 5.66. The van der Waals surface area contributed by atoms with Crippen molar-refractivity contribution in [3.8, 4) is 5.75 Å². The van der Waals surface area contributed by atoms with E-state index in [9.17, 15) is 4.79 Å². The average molecular weight is 328 g/mol. The lowest BCUT2D eigenvalue weighted by molar-refractivity contribution is -0.121. The summed E-state index contributed by atoms with van der Waals surface area (Å²) in [5.74, 6) is 0.564. The molecule has 0 spiro atoms. The van der Waals surface area contributed by atoms with E-state index >= 15 is 0 Å². The first kappa shape index (κ1) is 17.8. The van der Waals surface area contributed by atoms with Crippen molar-refractivity contribution < 1.29 is 14.6 Å². The number of carbonyl (C=O) groups excluding carboxylic acids is 1. The minimum absolute atomic E-state index is 0.0500. The summed E-state index contributed by atoms with van der Waals surface area (Å²) >= 11 is 0. The number of anilines is 1. The SMILES string of the molecule is Cc1ccccc1COc1ccc(CCC(=O)NCCO)cc1N. The quantitative estimate of drug-likeness (QED) is 0.649. The number of nitrogens with two attached hydrogens (primary N) is 1. The summed E-state index contributed by atoms with van der Waals surface area (Å²) in [7, 11) is 0. The van der Waals surface area contributed by atoms with E-state index in [1.54, 1.807) is 0 Å². The van der Waals surface area contributed by atoms with Crippen LogP contribution in [0.15, 0.2) is 42.5 Å². The first-order chi connectivity index (χ1) is 11.6. The molecule has 0 saturated heterocycles. The number of ether oxygens (including phenoxy) is 1. The normalized spacial score (nSPS) is 10.4. The van der Waals surface area contributed by atoms with Gasteiger partial charge in [-0.05, 0) is 42.2 Å². The van der Waals surface area contributed by atoms with E-state index in [0.717, 1.165) is 11.1 Å². The topological polar surface area (TPSA) is 84.6 Å². The third kappa shape index (κ3) is 5.28. The number of benzene rings is 2. The van der Waals surface area contributed by atoms with Crippen molar-refractivity contribution in [1.82, 2.24) is 5.32 Å². The highest BCUT2D eigenvalue weighted by Gasteiger charge is 2.06. The molecule has 5 nitrogen and oxygen atoms in total. The molecule has 2 rings (SSSR count). The van der Waals surface area contributed by atoms with Gasteiger partial charge in [0.1, 0.15) is 12.4 Å². The number of carbonyl (C=O) groups is 1. The molecule has 0 aliphatic rings. The van der Waals surface area contributed by atoms with Gasteiger partial charge < -0.3 is 20.9 Å². The Hall–Kier alpha value is -2.53. The van der Waals surface area contributed by atoms with E-state index in [2.05, 4.69) is 5.32 Å². The van der Waals surface area contributed by atoms with Crippen molar-refractivity contribution in [3.63, 3.8) is 0 Å². The van der Waals surface area contributed by atoms with Crippen molar-refractivity contribution in [2.24, 2.45) is 0 Å². The molecule has 1 amide bonds. The molecule has 2 aromatic carbocycles. The highest BCUT2D eigenvalue weighted by atomic mass is 16.5. The summed E-state index contributed by atoms with van der Waals surface area (Å²) in [6, 6.07) is 13.7. The Labute approximate surface area is 142 Å². The van der Waals surface area contributed by atoms with E-state index in [0.29, 0.717) is 30.9 Å². The Bertz CT molecular complexity index is 686. The monoisotopic (exact) mass is 328 g/mol. The number of nitrogen functional groups attached to an aromatic ring is 1. The van der Waals surface area contributed by atoms with Gasteiger partial charge in [0.15, 0.2) is 0 Å². The maximum Gasteiger partial charge on any atom is 0.220 e. The molecule has 128 valence electrons. The molecule has 2 aromatic rings. The fourth-order valence-corrected chi connectivity index (χ4v) is 2.35. The van der Waals surface area contributed by atoms with Crippen LogP contribution in [0.2, 0.25) is 0 Å². The van der Waals surface area contributed by atoms with Crippen LogP contribution in [0.4, 0.5) is 5.69 Å². The van der Waals surface area contributed by atoms with Crippen LogP contribution in [-0.2, 0) is 17.8 Å². The van der Waals surface area contributed by atoms with Gasteiger partial charge in [-0.15, -0.1) is 0 Å². The number of aliphatic hydroxyl groups excluding tert-OH is 1. The Kier molecular flexibility index (Phi) is 6.63. The molecule has 0 bridgehead atoms. The maximum atomic E-state index is 11.5. The minimum atomic E-state index is -0.0810. The van der Waals surface area contributed by atoms with Crippen LogP contribution < -0.4 is 15.8 Å². The molecule has 0 heterocycles. The van der Waals surface area contributed by atoms with Crippen molar-refractivity contribution in [3.05, 3.63) is 59.2 Å². The van der Waals surface area contributed by atoms with Gasteiger partial charge in [0.05, 0.1) is 12.3 Å². The summed E-state index contributed by atoms with van der Waals surface area (Å²) in [6.45, 7) is 2.75. The van der Waals surface area contributed by atoms with E-state index < -0.39 is 0 Å². The third-order valence-electron chi connectivity index (χ3n) is 3.79. The molecule has 0 aromatic heterocycles. The molecule has 0 aliphatic carbocycles. The molecule has 0 fully saturated rings. The Morgan fingerprint density at radius 1 is 1.25 bits per heavy atom. The van der Waals surface area contributed by atoms with Crippen molar-refractivity contribution in [2.75, 3.05) is 18.9 Å². The number of hydrogen-bond donors (Lipinski definition) is 3.